The Morgan fingerprint density at radius 1 is 1.39 bits per heavy atom. The molecule has 1 N–H and O–H groups in total. The molecule has 1 amide bonds. The van der Waals surface area contributed by atoms with E-state index in [1.807, 2.05) is 10.3 Å². The first-order valence-electron chi connectivity index (χ1n) is 9.03. The van der Waals surface area contributed by atoms with Crippen molar-refractivity contribution in [1.29, 1.82) is 0 Å². The van der Waals surface area contributed by atoms with Crippen molar-refractivity contribution in [3.8, 4) is 11.5 Å². The lowest BCUT2D eigenvalue weighted by atomic mass is 9.97. The highest BCUT2D eigenvalue weighted by Crippen LogP contribution is 2.33. The second kappa shape index (κ2) is 7.93. The standard InChI is InChI=1S/C18H19N5O4S/c1-2-26-18(25)12-7-15(27-22-12)14-9-28-16(21-14)11-3-5-23(6-4-11)17(24)13-8-19-10-20-13/h7-11H,2-6H2,1H3,(H,19,20). The number of aromatic amines is 1. The zero-order valence-corrected chi connectivity index (χ0v) is 16.1. The van der Waals surface area contributed by atoms with Crippen molar-refractivity contribution >= 4 is 23.2 Å². The lowest BCUT2D eigenvalue weighted by Gasteiger charge is -2.30. The van der Waals surface area contributed by atoms with Gasteiger partial charge >= 0.3 is 5.97 Å². The molecule has 4 heterocycles. The Labute approximate surface area is 164 Å². The summed E-state index contributed by atoms with van der Waals surface area (Å²) in [6.07, 6.45) is 4.74. The number of H-pyrrole nitrogens is 1. The first kappa shape index (κ1) is 18.4. The zero-order chi connectivity index (χ0) is 19.5. The Morgan fingerprint density at radius 3 is 2.93 bits per heavy atom. The lowest BCUT2D eigenvalue weighted by Crippen LogP contribution is -2.38. The maximum Gasteiger partial charge on any atom is 0.360 e. The molecule has 146 valence electrons. The van der Waals surface area contributed by atoms with Gasteiger partial charge in [0.25, 0.3) is 5.91 Å². The molecule has 0 atom stereocenters. The van der Waals surface area contributed by atoms with Crippen LogP contribution < -0.4 is 0 Å². The van der Waals surface area contributed by atoms with E-state index in [9.17, 15) is 9.59 Å². The van der Waals surface area contributed by atoms with Gasteiger partial charge in [-0.1, -0.05) is 5.16 Å². The number of nitrogens with zero attached hydrogens (tertiary/aromatic N) is 4. The van der Waals surface area contributed by atoms with Crippen molar-refractivity contribution < 1.29 is 18.8 Å². The van der Waals surface area contributed by atoms with Crippen molar-refractivity contribution in [3.05, 3.63) is 40.4 Å². The smallest absolute Gasteiger partial charge is 0.360 e. The summed E-state index contributed by atoms with van der Waals surface area (Å²) in [6.45, 7) is 3.36. The SMILES string of the molecule is CCOC(=O)c1cc(-c2csc(C3CCN(C(=O)c4cnc[nH]4)CC3)n2)on1. The normalized spacial score (nSPS) is 15.0. The highest BCUT2D eigenvalue weighted by molar-refractivity contribution is 7.10. The van der Waals surface area contributed by atoms with Gasteiger partial charge in [-0.2, -0.15) is 0 Å². The fourth-order valence-electron chi connectivity index (χ4n) is 3.16. The summed E-state index contributed by atoms with van der Waals surface area (Å²) in [7, 11) is 0. The van der Waals surface area contributed by atoms with Crippen molar-refractivity contribution in [2.75, 3.05) is 19.7 Å². The number of piperidine rings is 1. The van der Waals surface area contributed by atoms with Crippen LogP contribution in [-0.2, 0) is 4.74 Å². The molecule has 0 aliphatic carbocycles. The monoisotopic (exact) mass is 401 g/mol. The molecule has 10 heteroatoms. The molecule has 3 aromatic rings. The van der Waals surface area contributed by atoms with Crippen LogP contribution in [0.4, 0.5) is 0 Å². The number of likely N-dealkylation sites (tertiary alicyclic amines) is 1. The molecule has 0 aromatic carbocycles. The van der Waals surface area contributed by atoms with Crippen LogP contribution in [0, 0.1) is 0 Å². The summed E-state index contributed by atoms with van der Waals surface area (Å²) in [5.74, 6) is 0.195. The second-order valence-electron chi connectivity index (χ2n) is 6.40. The van der Waals surface area contributed by atoms with Crippen LogP contribution in [-0.4, -0.2) is 56.6 Å². The number of hydrogen-bond acceptors (Lipinski definition) is 8. The van der Waals surface area contributed by atoms with E-state index in [0.717, 1.165) is 17.8 Å². The summed E-state index contributed by atoms with van der Waals surface area (Å²) in [5.41, 5.74) is 1.30. The quantitative estimate of drug-likeness (QED) is 0.654. The number of esters is 1. The predicted octanol–water partition coefficient (Wildman–Crippen LogP) is 2.72. The van der Waals surface area contributed by atoms with Crippen molar-refractivity contribution in [2.24, 2.45) is 0 Å². The molecule has 9 nitrogen and oxygen atoms in total. The molecule has 4 rings (SSSR count). The third-order valence-corrected chi connectivity index (χ3v) is 5.64. The number of carbonyl (C=O) groups excluding carboxylic acids is 2. The van der Waals surface area contributed by atoms with Gasteiger partial charge in [-0.3, -0.25) is 4.79 Å². The number of hydrogen-bond donors (Lipinski definition) is 1. The first-order chi connectivity index (χ1) is 13.7. The molecule has 1 fully saturated rings. The Bertz CT molecular complexity index is 956. The number of rotatable bonds is 5. The highest BCUT2D eigenvalue weighted by atomic mass is 32.1. The molecular formula is C18H19N5O4S. The summed E-state index contributed by atoms with van der Waals surface area (Å²) < 4.78 is 10.2. The molecule has 0 radical (unpaired) electrons. The molecule has 28 heavy (non-hydrogen) atoms. The van der Waals surface area contributed by atoms with Gasteiger partial charge in [0.05, 0.1) is 24.1 Å². The fraction of sp³-hybridized carbons (Fsp3) is 0.389. The second-order valence-corrected chi connectivity index (χ2v) is 7.29. The molecule has 0 saturated carbocycles. The number of amides is 1. The van der Waals surface area contributed by atoms with Gasteiger partial charge in [0, 0.05) is 30.5 Å². The van der Waals surface area contributed by atoms with Crippen molar-refractivity contribution in [3.63, 3.8) is 0 Å². The van der Waals surface area contributed by atoms with Crippen molar-refractivity contribution in [2.45, 2.75) is 25.7 Å². The highest BCUT2D eigenvalue weighted by Gasteiger charge is 2.27. The van der Waals surface area contributed by atoms with Gasteiger partial charge in [0.15, 0.2) is 11.5 Å². The van der Waals surface area contributed by atoms with Crippen LogP contribution in [0.25, 0.3) is 11.5 Å². The number of aromatic nitrogens is 4. The average Bonchev–Trinajstić information content (AvgIpc) is 3.49. The average molecular weight is 401 g/mol. The van der Waals surface area contributed by atoms with Crippen LogP contribution >= 0.6 is 11.3 Å². The van der Waals surface area contributed by atoms with Gasteiger partial charge in [-0.25, -0.2) is 14.8 Å². The molecule has 0 bridgehead atoms. The van der Waals surface area contributed by atoms with Gasteiger partial charge in [0.1, 0.15) is 11.4 Å². The van der Waals surface area contributed by atoms with Crippen LogP contribution in [0.2, 0.25) is 0 Å². The summed E-state index contributed by atoms with van der Waals surface area (Å²) in [5, 5.41) is 6.64. The molecule has 3 aromatic heterocycles. The number of carbonyl (C=O) groups is 2. The largest absolute Gasteiger partial charge is 0.461 e. The molecular weight excluding hydrogens is 382 g/mol. The third-order valence-electron chi connectivity index (χ3n) is 4.63. The van der Waals surface area contributed by atoms with Crippen molar-refractivity contribution in [1.82, 2.24) is 25.0 Å². The number of nitrogens with one attached hydrogen (secondary N) is 1. The Hall–Kier alpha value is -3.01. The van der Waals surface area contributed by atoms with E-state index in [1.165, 1.54) is 6.33 Å². The Balaban J connectivity index is 1.39. The molecule has 1 aliphatic rings. The molecule has 1 saturated heterocycles. The minimum atomic E-state index is -0.512. The Morgan fingerprint density at radius 2 is 2.21 bits per heavy atom. The number of thiazole rings is 1. The summed E-state index contributed by atoms with van der Waals surface area (Å²) in [4.78, 5) is 37.3. The number of ether oxygens (including phenoxy) is 1. The maximum absolute atomic E-state index is 12.4. The van der Waals surface area contributed by atoms with E-state index in [1.54, 1.807) is 30.5 Å². The number of imidazole rings is 1. The van der Waals surface area contributed by atoms with E-state index in [-0.39, 0.29) is 24.1 Å². The van der Waals surface area contributed by atoms with Crippen LogP contribution in [0.3, 0.4) is 0 Å². The van der Waals surface area contributed by atoms with Gasteiger partial charge in [-0.15, -0.1) is 11.3 Å². The van der Waals surface area contributed by atoms with E-state index < -0.39 is 5.97 Å². The summed E-state index contributed by atoms with van der Waals surface area (Å²) >= 11 is 1.55. The van der Waals surface area contributed by atoms with Gasteiger partial charge in [-0.05, 0) is 19.8 Å². The topological polar surface area (TPSA) is 114 Å². The van der Waals surface area contributed by atoms with Crippen LogP contribution in [0.15, 0.2) is 28.5 Å². The van der Waals surface area contributed by atoms with Crippen LogP contribution in [0.5, 0.6) is 0 Å². The van der Waals surface area contributed by atoms with E-state index in [4.69, 9.17) is 9.26 Å². The predicted molar refractivity (Wildman–Crippen MR) is 100 cm³/mol. The zero-order valence-electron chi connectivity index (χ0n) is 15.3. The van der Waals surface area contributed by atoms with E-state index in [2.05, 4.69) is 20.1 Å². The maximum atomic E-state index is 12.4. The minimum absolute atomic E-state index is 0.0241. The fourth-order valence-corrected chi connectivity index (χ4v) is 4.14. The summed E-state index contributed by atoms with van der Waals surface area (Å²) in [6, 6.07) is 1.54. The van der Waals surface area contributed by atoms with Crippen LogP contribution in [0.1, 0.15) is 51.7 Å². The van der Waals surface area contributed by atoms with E-state index >= 15 is 0 Å². The van der Waals surface area contributed by atoms with E-state index in [0.29, 0.717) is 30.2 Å². The third kappa shape index (κ3) is 3.68. The van der Waals surface area contributed by atoms with Gasteiger partial charge in [0.2, 0.25) is 0 Å². The molecule has 0 spiro atoms. The van der Waals surface area contributed by atoms with Gasteiger partial charge < -0.3 is 19.1 Å². The first-order valence-corrected chi connectivity index (χ1v) is 9.91. The minimum Gasteiger partial charge on any atom is -0.461 e. The molecule has 0 unspecified atom stereocenters. The molecule has 1 aliphatic heterocycles. The Kier molecular flexibility index (Phi) is 5.20. The lowest BCUT2D eigenvalue weighted by molar-refractivity contribution is 0.0514.